The van der Waals surface area contributed by atoms with Crippen molar-refractivity contribution in [3.05, 3.63) is 35.4 Å². The fraction of sp³-hybridized carbons (Fsp3) is 0.571. The molecule has 0 saturated carbocycles. The maximum Gasteiger partial charge on any atom is 0.215 e. The number of sulfonamides is 1. The molecule has 0 spiro atoms. The number of hydrogen-bond donors (Lipinski definition) is 2. The molecule has 0 atom stereocenters. The average molecular weight is 300 g/mol. The standard InChI is InChI=1S/C14H24N2O3S/c1-19-10-6-2-5-9-16-20(17,18)12-14-8-4-3-7-13(14)11-15/h3-4,7-8,16H,2,5-6,9-12,15H2,1H3. The second kappa shape index (κ2) is 9.07. The van der Waals surface area contributed by atoms with Crippen molar-refractivity contribution in [3.63, 3.8) is 0 Å². The minimum atomic E-state index is -3.30. The van der Waals surface area contributed by atoms with E-state index in [1.165, 1.54) is 0 Å². The molecule has 0 aliphatic rings. The maximum absolute atomic E-state index is 12.0. The molecule has 1 rings (SSSR count). The summed E-state index contributed by atoms with van der Waals surface area (Å²) in [5.41, 5.74) is 7.25. The Bertz CT molecular complexity index is 489. The molecule has 0 unspecified atom stereocenters. The Hall–Kier alpha value is -0.950. The Kier molecular flexibility index (Phi) is 7.76. The third-order valence-corrected chi connectivity index (χ3v) is 4.37. The van der Waals surface area contributed by atoms with E-state index in [4.69, 9.17) is 10.5 Å². The highest BCUT2D eigenvalue weighted by molar-refractivity contribution is 7.88. The molecular weight excluding hydrogens is 276 g/mol. The number of ether oxygens (including phenoxy) is 1. The first-order valence-electron chi connectivity index (χ1n) is 6.82. The third-order valence-electron chi connectivity index (χ3n) is 3.03. The molecule has 0 aliphatic carbocycles. The van der Waals surface area contributed by atoms with Gasteiger partial charge in [-0.05, 0) is 30.4 Å². The molecule has 0 aromatic heterocycles. The van der Waals surface area contributed by atoms with E-state index >= 15 is 0 Å². The number of methoxy groups -OCH3 is 1. The van der Waals surface area contributed by atoms with Crippen molar-refractivity contribution in [3.8, 4) is 0 Å². The van der Waals surface area contributed by atoms with Crippen LogP contribution in [-0.2, 0) is 27.1 Å². The Morgan fingerprint density at radius 1 is 1.15 bits per heavy atom. The van der Waals surface area contributed by atoms with Gasteiger partial charge >= 0.3 is 0 Å². The van der Waals surface area contributed by atoms with Gasteiger partial charge in [-0.2, -0.15) is 0 Å². The number of nitrogens with two attached hydrogens (primary N) is 1. The van der Waals surface area contributed by atoms with Crippen molar-refractivity contribution < 1.29 is 13.2 Å². The summed E-state index contributed by atoms with van der Waals surface area (Å²) < 4.78 is 31.5. The first-order chi connectivity index (χ1) is 9.59. The highest BCUT2D eigenvalue weighted by Crippen LogP contribution is 2.11. The fourth-order valence-electron chi connectivity index (χ4n) is 1.93. The molecule has 0 amide bonds. The number of hydrogen-bond acceptors (Lipinski definition) is 4. The zero-order valence-electron chi connectivity index (χ0n) is 12.0. The molecule has 0 saturated heterocycles. The number of nitrogens with one attached hydrogen (secondary N) is 1. The van der Waals surface area contributed by atoms with Gasteiger partial charge in [0, 0.05) is 26.8 Å². The summed E-state index contributed by atoms with van der Waals surface area (Å²) >= 11 is 0. The highest BCUT2D eigenvalue weighted by Gasteiger charge is 2.12. The molecule has 0 aliphatic heterocycles. The predicted octanol–water partition coefficient (Wildman–Crippen LogP) is 1.38. The molecule has 6 heteroatoms. The SMILES string of the molecule is COCCCCCNS(=O)(=O)Cc1ccccc1CN. The van der Waals surface area contributed by atoms with E-state index in [2.05, 4.69) is 4.72 Å². The molecule has 1 aromatic carbocycles. The van der Waals surface area contributed by atoms with Gasteiger partial charge in [-0.25, -0.2) is 13.1 Å². The monoisotopic (exact) mass is 300 g/mol. The molecule has 0 heterocycles. The van der Waals surface area contributed by atoms with Crippen molar-refractivity contribution in [2.24, 2.45) is 5.73 Å². The van der Waals surface area contributed by atoms with Gasteiger partial charge in [-0.3, -0.25) is 0 Å². The Morgan fingerprint density at radius 3 is 2.50 bits per heavy atom. The molecule has 1 aromatic rings. The quantitative estimate of drug-likeness (QED) is 0.640. The lowest BCUT2D eigenvalue weighted by Gasteiger charge is -2.09. The van der Waals surface area contributed by atoms with Crippen molar-refractivity contribution in [2.45, 2.75) is 31.6 Å². The lowest BCUT2D eigenvalue weighted by Crippen LogP contribution is -2.26. The van der Waals surface area contributed by atoms with Crippen molar-refractivity contribution >= 4 is 10.0 Å². The van der Waals surface area contributed by atoms with E-state index in [-0.39, 0.29) is 5.75 Å². The first-order valence-corrected chi connectivity index (χ1v) is 8.47. The van der Waals surface area contributed by atoms with E-state index in [9.17, 15) is 8.42 Å². The summed E-state index contributed by atoms with van der Waals surface area (Å²) in [6.45, 7) is 1.54. The van der Waals surface area contributed by atoms with Crippen LogP contribution in [0.5, 0.6) is 0 Å². The maximum atomic E-state index is 12.0. The van der Waals surface area contributed by atoms with Gasteiger partial charge in [0.25, 0.3) is 0 Å². The number of benzene rings is 1. The lowest BCUT2D eigenvalue weighted by molar-refractivity contribution is 0.192. The average Bonchev–Trinajstić information content (AvgIpc) is 2.43. The van der Waals surface area contributed by atoms with Crippen LogP contribution >= 0.6 is 0 Å². The Labute approximate surface area is 121 Å². The summed E-state index contributed by atoms with van der Waals surface area (Å²) in [6, 6.07) is 7.35. The molecule has 3 N–H and O–H groups in total. The topological polar surface area (TPSA) is 81.4 Å². The zero-order valence-corrected chi connectivity index (χ0v) is 12.8. The number of rotatable bonds is 10. The second-order valence-corrected chi connectivity index (χ2v) is 6.49. The van der Waals surface area contributed by atoms with Gasteiger partial charge in [-0.1, -0.05) is 24.3 Å². The second-order valence-electron chi connectivity index (χ2n) is 4.68. The molecule has 20 heavy (non-hydrogen) atoms. The van der Waals surface area contributed by atoms with Gasteiger partial charge in [0.1, 0.15) is 0 Å². The van der Waals surface area contributed by atoms with Crippen molar-refractivity contribution in [2.75, 3.05) is 20.3 Å². The summed E-state index contributed by atoms with van der Waals surface area (Å²) in [7, 11) is -1.63. The van der Waals surface area contributed by atoms with Crippen LogP contribution in [-0.4, -0.2) is 28.7 Å². The van der Waals surface area contributed by atoms with E-state index in [1.54, 1.807) is 13.2 Å². The summed E-state index contributed by atoms with van der Waals surface area (Å²) in [5, 5.41) is 0. The van der Waals surface area contributed by atoms with Crippen LogP contribution in [0.4, 0.5) is 0 Å². The van der Waals surface area contributed by atoms with Crippen LogP contribution in [0.15, 0.2) is 24.3 Å². The minimum absolute atomic E-state index is 0.0154. The lowest BCUT2D eigenvalue weighted by atomic mass is 10.1. The predicted molar refractivity (Wildman–Crippen MR) is 80.7 cm³/mol. The zero-order chi connectivity index (χ0) is 14.8. The summed E-state index contributed by atoms with van der Waals surface area (Å²) in [5.74, 6) is -0.0154. The van der Waals surface area contributed by atoms with Crippen molar-refractivity contribution in [1.29, 1.82) is 0 Å². The summed E-state index contributed by atoms with van der Waals surface area (Å²) in [6.07, 6.45) is 2.73. The van der Waals surface area contributed by atoms with Gasteiger partial charge in [0.2, 0.25) is 10.0 Å². The van der Waals surface area contributed by atoms with Crippen LogP contribution in [0.2, 0.25) is 0 Å². The molecule has 0 bridgehead atoms. The molecule has 114 valence electrons. The van der Waals surface area contributed by atoms with Crippen LogP contribution in [0.1, 0.15) is 30.4 Å². The number of unbranched alkanes of at least 4 members (excludes halogenated alkanes) is 2. The Balaban J connectivity index is 2.41. The third kappa shape index (κ3) is 6.47. The van der Waals surface area contributed by atoms with E-state index in [0.717, 1.165) is 37.0 Å². The van der Waals surface area contributed by atoms with E-state index < -0.39 is 10.0 Å². The molecule has 0 fully saturated rings. The first kappa shape index (κ1) is 17.1. The fourth-order valence-corrected chi connectivity index (χ4v) is 3.18. The van der Waals surface area contributed by atoms with Crippen LogP contribution < -0.4 is 10.5 Å². The smallest absolute Gasteiger partial charge is 0.215 e. The molecular formula is C14H24N2O3S. The van der Waals surface area contributed by atoms with Crippen LogP contribution in [0.3, 0.4) is 0 Å². The summed E-state index contributed by atoms with van der Waals surface area (Å²) in [4.78, 5) is 0. The van der Waals surface area contributed by atoms with Gasteiger partial charge < -0.3 is 10.5 Å². The van der Waals surface area contributed by atoms with Crippen LogP contribution in [0.25, 0.3) is 0 Å². The molecule has 5 nitrogen and oxygen atoms in total. The normalized spacial score (nSPS) is 11.7. The van der Waals surface area contributed by atoms with Gasteiger partial charge in [0.05, 0.1) is 5.75 Å². The van der Waals surface area contributed by atoms with Gasteiger partial charge in [0.15, 0.2) is 0 Å². The minimum Gasteiger partial charge on any atom is -0.385 e. The van der Waals surface area contributed by atoms with Gasteiger partial charge in [-0.15, -0.1) is 0 Å². The molecule has 0 radical (unpaired) electrons. The van der Waals surface area contributed by atoms with Crippen LogP contribution in [0, 0.1) is 0 Å². The van der Waals surface area contributed by atoms with E-state index in [0.29, 0.717) is 13.1 Å². The van der Waals surface area contributed by atoms with Crippen molar-refractivity contribution in [1.82, 2.24) is 4.72 Å². The Morgan fingerprint density at radius 2 is 1.85 bits per heavy atom. The van der Waals surface area contributed by atoms with E-state index in [1.807, 2.05) is 18.2 Å². The largest absolute Gasteiger partial charge is 0.385 e. The highest BCUT2D eigenvalue weighted by atomic mass is 32.2.